The first-order valence-corrected chi connectivity index (χ1v) is 48.5. The van der Waals surface area contributed by atoms with Gasteiger partial charge in [-0.15, -0.1) is 0 Å². The Balaban J connectivity index is 0.000000109. The summed E-state index contributed by atoms with van der Waals surface area (Å²) in [6.07, 6.45) is 7.99. The van der Waals surface area contributed by atoms with Gasteiger partial charge in [-0.1, -0.05) is 113 Å². The molecule has 0 unspecified atom stereocenters. The van der Waals surface area contributed by atoms with Crippen molar-refractivity contribution in [3.05, 3.63) is 349 Å². The van der Waals surface area contributed by atoms with Crippen molar-refractivity contribution in [3.63, 3.8) is 0 Å². The number of hydrogen-bond donors (Lipinski definition) is 5. The molecule has 0 saturated heterocycles. The van der Waals surface area contributed by atoms with Gasteiger partial charge >= 0.3 is 0 Å². The zero-order valence-corrected chi connectivity index (χ0v) is 82.9. The first-order valence-electron chi connectivity index (χ1n) is 46.6. The summed E-state index contributed by atoms with van der Waals surface area (Å²) in [5.41, 5.74) is 11.4. The summed E-state index contributed by atoms with van der Waals surface area (Å²) < 4.78 is 144. The number of benzene rings is 10. The maximum atomic E-state index is 14.8. The molecule has 5 aliphatic rings. The van der Waals surface area contributed by atoms with Crippen molar-refractivity contribution in [3.8, 4) is 120 Å². The number of aryl methyl sites for hydroxylation is 3. The SMILES string of the molecule is CCc1cccc2nc(-c3c(F)cccc3Cl)c(Nc3ccc4c(c3)OCCO4)n12.COc1ccc2nc(-c3c(F)cccc3Cl)c(Nc3ccc4c(c3)OCCO4)n2c1Cl.Cc1ccc2nc(-c3c(Cl)cccc3[N+](=O)[O-])c(Nc3ccc4c(c3)OCCO4)n2c1.Cc1ccc2nc(-c3c(F)cccc3F)c(Nc3ccc4c(c3)OCCO4)n2c1.Fc1cccc(Cl)c1-c1nc2ncccn2c1Nc1ccc2c(c1)OCCO2. The van der Waals surface area contributed by atoms with Crippen LogP contribution in [-0.4, -0.2) is 130 Å². The second-order valence-corrected chi connectivity index (χ2v) is 35.8. The fourth-order valence-electron chi connectivity index (χ4n) is 17.4. The molecule has 0 aliphatic carbocycles. The molecule has 5 N–H and O–H groups in total. The van der Waals surface area contributed by atoms with Gasteiger partial charge in [0.1, 0.15) is 181 Å². The molecule has 25 rings (SSSR count). The van der Waals surface area contributed by atoms with Gasteiger partial charge in [0.2, 0.25) is 5.78 Å². The predicted octanol–water partition coefficient (Wildman–Crippen LogP) is 27.0. The van der Waals surface area contributed by atoms with E-state index in [0.717, 1.165) is 40.3 Å². The number of nitro benzene ring substituents is 1. The van der Waals surface area contributed by atoms with E-state index in [1.807, 2.05) is 144 Å². The van der Waals surface area contributed by atoms with Gasteiger partial charge < -0.3 is 78.7 Å². The van der Waals surface area contributed by atoms with Gasteiger partial charge in [-0.2, -0.15) is 0 Å². The highest BCUT2D eigenvalue weighted by Gasteiger charge is 2.32. The maximum Gasteiger partial charge on any atom is 0.280 e. The molecule has 10 aromatic heterocycles. The molecule has 20 aromatic rings. The third-order valence-electron chi connectivity index (χ3n) is 24.2. The summed E-state index contributed by atoms with van der Waals surface area (Å²) in [7, 11) is 1.52. The van der Waals surface area contributed by atoms with Crippen LogP contribution in [0.2, 0.25) is 25.2 Å². The standard InChI is InChI=1S/C23H19ClFN3O2.C22H16Cl2FN3O3.C22H17ClN4O4.C22H17F2N3O2.C20H14ClFN4O2/c1-2-15-5-3-8-20-27-22(21-16(24)6-4-7-17(21)25)23(28(15)20)26-14-9-10-18-19(13-14)30-12-11-29-18;1-29-16-7-8-18-27-20(19-13(23)3-2-4-14(19)25)22(28(18)21(16)24)26-12-5-6-15-17(11-12)31-10-9-30-15;1-13-5-8-19-25-21(20-15(23)3-2-4-16(20)27(28)29)22(26(19)12-13)24-14-6-7-17-18(11-14)31-10-9-30-17;1-13-5-8-19-26-21(20-15(23)3-2-4-16(20)24)22(27(19)12-13)25-14-6-7-17-18(11-14)29-10-9-28-17;21-13-3-1-4-14(22)17(13)18-19(26-8-2-7-23-20(26)25-18)24-12-5-6-15-16(11-12)28-10-9-27-15/h3-10,13,26H,2,11-12H2,1H3;2-8,11,26H,9-10H2,1H3;2-8,11-12,24H,9-10H2,1H3;2-8,11-12,25H,9-10H2,1H3;1-8,11,24H,9-10H2. The van der Waals surface area contributed by atoms with Gasteiger partial charge in [0.25, 0.3) is 5.69 Å². The van der Waals surface area contributed by atoms with Crippen molar-refractivity contribution in [2.24, 2.45) is 0 Å². The van der Waals surface area contributed by atoms with Crippen molar-refractivity contribution in [1.29, 1.82) is 0 Å². The number of nitrogens with zero attached hydrogens (tertiary/aromatic N) is 12. The predicted molar refractivity (Wildman–Crippen MR) is 561 cm³/mol. The molecule has 0 bridgehead atoms. The average Bonchev–Trinajstić information content (AvgIpc) is 1.61. The Kier molecular flexibility index (Phi) is 27.9. The molecule has 15 heterocycles. The molecule has 5 aliphatic heterocycles. The molecule has 40 heteroatoms. The van der Waals surface area contributed by atoms with E-state index in [4.69, 9.17) is 115 Å². The highest BCUT2D eigenvalue weighted by Crippen LogP contribution is 2.49. The van der Waals surface area contributed by atoms with Crippen molar-refractivity contribution >= 4 is 150 Å². The zero-order chi connectivity index (χ0) is 103. The molecule has 0 fully saturated rings. The highest BCUT2D eigenvalue weighted by molar-refractivity contribution is 6.35. The Bertz CT molecular complexity index is 8530. The number of fused-ring (bicyclic) bond motifs is 10. The quantitative estimate of drug-likeness (QED) is 0.0231. The van der Waals surface area contributed by atoms with Crippen LogP contribution in [0.15, 0.2) is 267 Å². The van der Waals surface area contributed by atoms with E-state index in [2.05, 4.69) is 58.4 Å². The number of imidazole rings is 5. The minimum absolute atomic E-state index is 0.113. The Morgan fingerprint density at radius 3 is 1.07 bits per heavy atom. The van der Waals surface area contributed by atoms with Crippen LogP contribution in [-0.2, 0) is 6.42 Å². The number of nitrogens with one attached hydrogen (secondary N) is 5. The molecule has 149 heavy (non-hydrogen) atoms. The van der Waals surface area contributed by atoms with Gasteiger partial charge in [-0.25, -0.2) is 51.9 Å². The number of hydrogen-bond acceptors (Lipinski definition) is 24. The molecular formula is C109H83Cl5F5N17O13. The molecule has 0 spiro atoms. The summed E-state index contributed by atoms with van der Waals surface area (Å²) in [6, 6.07) is 68.1. The monoisotopic (exact) mass is 2110 g/mol. The normalized spacial score (nSPS) is 12.8. The largest absolute Gasteiger partial charge is 0.494 e. The fourth-order valence-corrected chi connectivity index (χ4v) is 18.7. The zero-order valence-electron chi connectivity index (χ0n) is 79.1. The summed E-state index contributed by atoms with van der Waals surface area (Å²) in [5, 5.41) is 29.7. The average molecular weight is 2110 g/mol. The summed E-state index contributed by atoms with van der Waals surface area (Å²) in [4.78, 5) is 38.5. The van der Waals surface area contributed by atoms with Gasteiger partial charge in [-0.3, -0.25) is 32.1 Å². The number of pyridine rings is 4. The highest BCUT2D eigenvalue weighted by atomic mass is 35.5. The summed E-state index contributed by atoms with van der Waals surface area (Å²) in [5.74, 6) is 7.37. The number of methoxy groups -OCH3 is 1. The third kappa shape index (κ3) is 20.1. The fraction of sp³-hybridized carbons (Fsp3) is 0.138. The van der Waals surface area contributed by atoms with Crippen LogP contribution in [0.4, 0.5) is 85.2 Å². The van der Waals surface area contributed by atoms with E-state index in [0.29, 0.717) is 226 Å². The first-order chi connectivity index (χ1) is 72.5. The molecule has 10 aromatic carbocycles. The summed E-state index contributed by atoms with van der Waals surface area (Å²) in [6.45, 7) is 10.9. The number of rotatable bonds is 18. The topological polar surface area (TPSA) is 304 Å². The van der Waals surface area contributed by atoms with Crippen LogP contribution in [0.1, 0.15) is 23.7 Å². The number of nitro groups is 1. The lowest BCUT2D eigenvalue weighted by Crippen LogP contribution is -2.15. The smallest absolute Gasteiger partial charge is 0.280 e. The second-order valence-electron chi connectivity index (χ2n) is 33.8. The van der Waals surface area contributed by atoms with Crippen LogP contribution >= 0.6 is 58.0 Å². The first kappa shape index (κ1) is 97.9. The molecular weight excluding hydrogens is 2030 g/mol. The number of ether oxygens (including phenoxy) is 11. The van der Waals surface area contributed by atoms with Gasteiger partial charge in [0, 0.05) is 95.3 Å². The minimum atomic E-state index is -0.671. The molecule has 0 atom stereocenters. The van der Waals surface area contributed by atoms with E-state index < -0.39 is 34.0 Å². The lowest BCUT2D eigenvalue weighted by molar-refractivity contribution is -0.384. The lowest BCUT2D eigenvalue weighted by atomic mass is 10.1. The molecule has 0 amide bonds. The number of halogens is 10. The van der Waals surface area contributed by atoms with Crippen LogP contribution in [0.5, 0.6) is 63.2 Å². The van der Waals surface area contributed by atoms with E-state index >= 15 is 0 Å². The summed E-state index contributed by atoms with van der Waals surface area (Å²) >= 11 is 32.0. The number of anilines is 10. The van der Waals surface area contributed by atoms with Crippen molar-refractivity contribution in [1.82, 2.24) is 51.9 Å². The van der Waals surface area contributed by atoms with E-state index in [1.54, 1.807) is 117 Å². The Labute approximate surface area is 870 Å². The lowest BCUT2D eigenvalue weighted by Gasteiger charge is -2.19. The second kappa shape index (κ2) is 42.5. The maximum absolute atomic E-state index is 14.8. The van der Waals surface area contributed by atoms with Crippen molar-refractivity contribution < 1.29 is 79.0 Å². The minimum Gasteiger partial charge on any atom is -0.494 e. The van der Waals surface area contributed by atoms with Gasteiger partial charge in [-0.05, 0) is 189 Å². The van der Waals surface area contributed by atoms with Crippen molar-refractivity contribution in [2.45, 2.75) is 27.2 Å². The van der Waals surface area contributed by atoms with E-state index in [-0.39, 0.29) is 59.4 Å². The van der Waals surface area contributed by atoms with Crippen LogP contribution < -0.4 is 78.7 Å². The van der Waals surface area contributed by atoms with E-state index in [9.17, 15) is 32.1 Å². The molecule has 752 valence electrons. The van der Waals surface area contributed by atoms with Crippen molar-refractivity contribution in [2.75, 3.05) is 99.8 Å². The molecule has 0 saturated carbocycles. The Morgan fingerprint density at radius 1 is 0.349 bits per heavy atom. The number of aromatic nitrogens is 11. The van der Waals surface area contributed by atoms with Crippen LogP contribution in [0.3, 0.4) is 0 Å². The van der Waals surface area contributed by atoms with E-state index in [1.165, 1.54) is 49.6 Å². The van der Waals surface area contributed by atoms with Crippen LogP contribution in [0.25, 0.3) is 84.7 Å². The Hall–Kier alpha value is -17.1. The van der Waals surface area contributed by atoms with Gasteiger partial charge in [0.15, 0.2) is 68.4 Å². The van der Waals surface area contributed by atoms with Gasteiger partial charge in [0.05, 0.1) is 54.4 Å². The molecule has 30 nitrogen and oxygen atoms in total. The van der Waals surface area contributed by atoms with Crippen LogP contribution in [0, 0.1) is 53.0 Å². The Morgan fingerprint density at radius 2 is 0.671 bits per heavy atom. The third-order valence-corrected chi connectivity index (χ3v) is 25.8. The molecule has 0 radical (unpaired) electrons.